The van der Waals surface area contributed by atoms with E-state index in [1.165, 1.54) is 23.3 Å². The third-order valence-electron chi connectivity index (χ3n) is 5.50. The molecule has 4 heteroatoms. The van der Waals surface area contributed by atoms with Crippen molar-refractivity contribution < 1.29 is 14.7 Å². The normalized spacial score (nSPS) is 23.0. The Hall–Kier alpha value is -1.68. The van der Waals surface area contributed by atoms with Gasteiger partial charge >= 0.3 is 0 Å². The number of aliphatic hydroxyl groups excluding tert-OH is 1. The maximum Gasteiger partial charge on any atom is 0.234 e. The lowest BCUT2D eigenvalue weighted by molar-refractivity contribution is -0.145. The van der Waals surface area contributed by atoms with Gasteiger partial charge in [0.25, 0.3) is 0 Å². The van der Waals surface area contributed by atoms with E-state index in [1.807, 2.05) is 18.2 Å². The number of benzene rings is 1. The van der Waals surface area contributed by atoms with Gasteiger partial charge in [-0.15, -0.1) is 0 Å². The Kier molecular flexibility index (Phi) is 5.67. The Morgan fingerprint density at radius 1 is 1.17 bits per heavy atom. The Labute approximate surface area is 143 Å². The fourth-order valence-corrected chi connectivity index (χ4v) is 4.20. The Bertz CT molecular complexity index is 566. The summed E-state index contributed by atoms with van der Waals surface area (Å²) < 4.78 is 0. The molecule has 1 aromatic carbocycles. The predicted molar refractivity (Wildman–Crippen MR) is 92.1 cm³/mol. The van der Waals surface area contributed by atoms with Gasteiger partial charge in [-0.1, -0.05) is 56.0 Å². The van der Waals surface area contributed by atoms with Crippen LogP contribution in [-0.2, 0) is 16.0 Å². The second kappa shape index (κ2) is 7.93. The molecule has 4 nitrogen and oxygen atoms in total. The second-order valence-electron chi connectivity index (χ2n) is 7.37. The van der Waals surface area contributed by atoms with Gasteiger partial charge in [-0.3, -0.25) is 14.5 Å². The molecule has 0 spiro atoms. The molecule has 1 heterocycles. The fraction of sp³-hybridized carbons (Fsp3) is 0.600. The minimum Gasteiger partial charge on any atom is -0.396 e. The summed E-state index contributed by atoms with van der Waals surface area (Å²) in [6, 6.07) is 10.1. The maximum atomic E-state index is 12.7. The van der Waals surface area contributed by atoms with Crippen LogP contribution >= 0.6 is 0 Å². The number of hydrogen-bond acceptors (Lipinski definition) is 3. The highest BCUT2D eigenvalue weighted by Crippen LogP contribution is 2.32. The van der Waals surface area contributed by atoms with E-state index in [0.29, 0.717) is 18.9 Å². The average Bonchev–Trinajstić information content (AvgIpc) is 3.22. The summed E-state index contributed by atoms with van der Waals surface area (Å²) in [5, 5.41) is 9.65. The number of likely N-dealkylation sites (tertiary alicyclic amines) is 1. The van der Waals surface area contributed by atoms with Gasteiger partial charge in [-0.05, 0) is 30.2 Å². The van der Waals surface area contributed by atoms with E-state index in [2.05, 4.69) is 12.1 Å². The Morgan fingerprint density at radius 3 is 2.54 bits per heavy atom. The zero-order valence-electron chi connectivity index (χ0n) is 14.2. The third-order valence-corrected chi connectivity index (χ3v) is 5.50. The van der Waals surface area contributed by atoms with Crippen LogP contribution in [0, 0.1) is 17.8 Å². The molecular weight excluding hydrogens is 302 g/mol. The lowest BCUT2D eigenvalue weighted by atomic mass is 9.92. The molecule has 1 aliphatic carbocycles. The topological polar surface area (TPSA) is 57.6 Å². The first-order chi connectivity index (χ1) is 11.7. The van der Waals surface area contributed by atoms with Crippen molar-refractivity contribution in [2.24, 2.45) is 17.8 Å². The smallest absolute Gasteiger partial charge is 0.234 e. The van der Waals surface area contributed by atoms with Crippen LogP contribution < -0.4 is 0 Å². The van der Waals surface area contributed by atoms with Crippen molar-refractivity contribution in [2.45, 2.75) is 44.9 Å². The SMILES string of the molecule is O=C1CC(Cc2ccccc2)CN1C(=O)[C@@H](CO)CC1CCCC1. The molecule has 1 N–H and O–H groups in total. The minimum atomic E-state index is -0.410. The molecule has 2 fully saturated rings. The molecule has 3 rings (SSSR count). The third kappa shape index (κ3) is 4.04. The first kappa shape index (κ1) is 17.2. The summed E-state index contributed by atoms with van der Waals surface area (Å²) in [6.07, 6.45) is 6.72. The molecule has 0 bridgehead atoms. The highest BCUT2D eigenvalue weighted by molar-refractivity contribution is 5.98. The summed E-state index contributed by atoms with van der Waals surface area (Å²) in [5.74, 6) is 0.0712. The molecule has 1 saturated carbocycles. The van der Waals surface area contributed by atoms with Crippen molar-refractivity contribution in [1.29, 1.82) is 0 Å². The highest BCUT2D eigenvalue weighted by atomic mass is 16.3. The molecule has 1 aromatic rings. The van der Waals surface area contributed by atoms with E-state index in [1.54, 1.807) is 0 Å². The van der Waals surface area contributed by atoms with Crippen molar-refractivity contribution in [1.82, 2.24) is 4.90 Å². The molecular formula is C20H27NO3. The average molecular weight is 329 g/mol. The maximum absolute atomic E-state index is 12.7. The van der Waals surface area contributed by atoms with Crippen LogP contribution in [0.5, 0.6) is 0 Å². The molecule has 130 valence electrons. The molecule has 24 heavy (non-hydrogen) atoms. The van der Waals surface area contributed by atoms with Crippen LogP contribution in [0.25, 0.3) is 0 Å². The summed E-state index contributed by atoms with van der Waals surface area (Å²) in [4.78, 5) is 26.4. The number of carbonyl (C=O) groups excluding carboxylic acids is 2. The van der Waals surface area contributed by atoms with Gasteiger partial charge in [0.1, 0.15) is 0 Å². The number of aliphatic hydroxyl groups is 1. The van der Waals surface area contributed by atoms with Crippen LogP contribution in [0.2, 0.25) is 0 Å². The van der Waals surface area contributed by atoms with Gasteiger partial charge in [0.2, 0.25) is 11.8 Å². The highest BCUT2D eigenvalue weighted by Gasteiger charge is 2.37. The lowest BCUT2D eigenvalue weighted by Gasteiger charge is -2.23. The minimum absolute atomic E-state index is 0.0780. The van der Waals surface area contributed by atoms with E-state index in [0.717, 1.165) is 25.7 Å². The van der Waals surface area contributed by atoms with Crippen molar-refractivity contribution >= 4 is 11.8 Å². The molecule has 2 amide bonds. The molecule has 0 radical (unpaired) electrons. The van der Waals surface area contributed by atoms with E-state index in [9.17, 15) is 14.7 Å². The number of imide groups is 1. The van der Waals surface area contributed by atoms with Crippen LogP contribution in [0.3, 0.4) is 0 Å². The van der Waals surface area contributed by atoms with Crippen LogP contribution in [0.4, 0.5) is 0 Å². The quantitative estimate of drug-likeness (QED) is 0.873. The van der Waals surface area contributed by atoms with Crippen LogP contribution in [-0.4, -0.2) is 35.0 Å². The Morgan fingerprint density at radius 2 is 1.88 bits per heavy atom. The van der Waals surface area contributed by atoms with Crippen LogP contribution in [0.1, 0.15) is 44.1 Å². The van der Waals surface area contributed by atoms with E-state index in [4.69, 9.17) is 0 Å². The summed E-state index contributed by atoms with van der Waals surface area (Å²) in [6.45, 7) is 0.343. The van der Waals surface area contributed by atoms with Crippen molar-refractivity contribution in [3.63, 3.8) is 0 Å². The monoisotopic (exact) mass is 329 g/mol. The van der Waals surface area contributed by atoms with Crippen molar-refractivity contribution in [3.05, 3.63) is 35.9 Å². The molecule has 1 aliphatic heterocycles. The second-order valence-corrected chi connectivity index (χ2v) is 7.37. The van der Waals surface area contributed by atoms with Gasteiger partial charge < -0.3 is 5.11 Å². The van der Waals surface area contributed by atoms with Gasteiger partial charge in [0, 0.05) is 13.0 Å². The van der Waals surface area contributed by atoms with Gasteiger partial charge in [0.05, 0.1) is 12.5 Å². The first-order valence-corrected chi connectivity index (χ1v) is 9.16. The standard InChI is InChI=1S/C20H27NO3/c22-14-18(11-16-8-4-5-9-16)20(24)21-13-17(12-19(21)23)10-15-6-2-1-3-7-15/h1-3,6-7,16-18,22H,4-5,8-14H2/t17?,18-/m1/s1. The number of nitrogens with zero attached hydrogens (tertiary/aromatic N) is 1. The van der Waals surface area contributed by atoms with Gasteiger partial charge in [-0.2, -0.15) is 0 Å². The molecule has 2 atom stereocenters. The number of rotatable bonds is 6. The predicted octanol–water partition coefficient (Wildman–Crippen LogP) is 2.79. The number of amides is 2. The molecule has 0 aromatic heterocycles. The summed E-state index contributed by atoms with van der Waals surface area (Å²) in [5.41, 5.74) is 1.20. The van der Waals surface area contributed by atoms with Gasteiger partial charge in [0.15, 0.2) is 0 Å². The van der Waals surface area contributed by atoms with E-state index >= 15 is 0 Å². The van der Waals surface area contributed by atoms with Crippen LogP contribution in [0.15, 0.2) is 30.3 Å². The summed E-state index contributed by atoms with van der Waals surface area (Å²) in [7, 11) is 0. The zero-order valence-corrected chi connectivity index (χ0v) is 14.2. The van der Waals surface area contributed by atoms with Crippen molar-refractivity contribution in [3.8, 4) is 0 Å². The summed E-state index contributed by atoms with van der Waals surface area (Å²) >= 11 is 0. The molecule has 2 aliphatic rings. The fourth-order valence-electron chi connectivity index (χ4n) is 4.20. The van der Waals surface area contributed by atoms with E-state index in [-0.39, 0.29) is 24.3 Å². The Balaban J connectivity index is 1.58. The molecule has 1 unspecified atom stereocenters. The zero-order chi connectivity index (χ0) is 16.9. The van der Waals surface area contributed by atoms with E-state index < -0.39 is 5.92 Å². The largest absolute Gasteiger partial charge is 0.396 e. The number of hydrogen-bond donors (Lipinski definition) is 1. The van der Waals surface area contributed by atoms with Crippen molar-refractivity contribution in [2.75, 3.05) is 13.2 Å². The first-order valence-electron chi connectivity index (χ1n) is 9.16. The molecule has 1 saturated heterocycles. The number of carbonyl (C=O) groups is 2. The lowest BCUT2D eigenvalue weighted by Crippen LogP contribution is -2.39. The van der Waals surface area contributed by atoms with Gasteiger partial charge in [-0.25, -0.2) is 0 Å².